The van der Waals surface area contributed by atoms with Gasteiger partial charge >= 0.3 is 0 Å². The Balaban J connectivity index is 2.58. The maximum Gasteiger partial charge on any atom is 0.188 e. The molecule has 1 atom stereocenters. The highest BCUT2D eigenvalue weighted by Crippen LogP contribution is 2.50. The number of benzene rings is 1. The molecule has 1 heterocycles. The second-order valence-corrected chi connectivity index (χ2v) is 3.89. The van der Waals surface area contributed by atoms with Gasteiger partial charge in [-0.15, -0.1) is 0 Å². The summed E-state index contributed by atoms with van der Waals surface area (Å²) in [6, 6.07) is 0. The van der Waals surface area contributed by atoms with E-state index in [2.05, 4.69) is 10.6 Å². The molecule has 7 nitrogen and oxygen atoms in total. The quantitative estimate of drug-likeness (QED) is 0.588. The van der Waals surface area contributed by atoms with Gasteiger partial charge in [-0.05, 0) is 0 Å². The van der Waals surface area contributed by atoms with E-state index in [1.807, 2.05) is 0 Å². The van der Waals surface area contributed by atoms with Crippen LogP contribution in [0.1, 0.15) is 0 Å². The van der Waals surface area contributed by atoms with Gasteiger partial charge in [0.1, 0.15) is 17.6 Å². The number of fused-ring (bicyclic) bond motifs is 1. The SMILES string of the molecule is COc1c(N)c2c(c(N)c1OC)NC(OC)CN2. The highest BCUT2D eigenvalue weighted by molar-refractivity contribution is 5.98. The van der Waals surface area contributed by atoms with E-state index in [-0.39, 0.29) is 6.23 Å². The highest BCUT2D eigenvalue weighted by atomic mass is 16.5. The third-order valence-electron chi connectivity index (χ3n) is 2.95. The lowest BCUT2D eigenvalue weighted by molar-refractivity contribution is 0.134. The summed E-state index contributed by atoms with van der Waals surface area (Å²) in [6.07, 6.45) is -0.169. The highest BCUT2D eigenvalue weighted by Gasteiger charge is 2.27. The fourth-order valence-corrected chi connectivity index (χ4v) is 2.03. The van der Waals surface area contributed by atoms with Crippen LogP contribution in [-0.4, -0.2) is 34.1 Å². The minimum Gasteiger partial charge on any atom is -0.491 e. The average Bonchev–Trinajstić information content (AvgIpc) is 2.41. The number of hydrogen-bond donors (Lipinski definition) is 4. The van der Waals surface area contributed by atoms with Crippen LogP contribution in [0.4, 0.5) is 22.7 Å². The van der Waals surface area contributed by atoms with Crippen LogP contribution < -0.4 is 31.6 Å². The first kappa shape index (κ1) is 12.4. The summed E-state index contributed by atoms with van der Waals surface area (Å²) in [7, 11) is 4.66. The van der Waals surface area contributed by atoms with Crippen LogP contribution in [0.25, 0.3) is 0 Å². The van der Waals surface area contributed by atoms with Gasteiger partial charge in [-0.3, -0.25) is 0 Å². The average molecular weight is 254 g/mol. The van der Waals surface area contributed by atoms with Crippen LogP contribution in [0.3, 0.4) is 0 Å². The van der Waals surface area contributed by atoms with Crippen molar-refractivity contribution in [1.82, 2.24) is 0 Å². The molecular formula is C11H18N4O3. The number of nitrogen functional groups attached to an aromatic ring is 2. The van der Waals surface area contributed by atoms with Gasteiger partial charge < -0.3 is 36.3 Å². The van der Waals surface area contributed by atoms with E-state index in [0.29, 0.717) is 40.8 Å². The summed E-state index contributed by atoms with van der Waals surface area (Å²) >= 11 is 0. The number of methoxy groups -OCH3 is 3. The molecule has 0 fully saturated rings. The molecule has 6 N–H and O–H groups in total. The van der Waals surface area contributed by atoms with E-state index in [1.165, 1.54) is 14.2 Å². The Morgan fingerprint density at radius 2 is 1.56 bits per heavy atom. The first-order valence-corrected chi connectivity index (χ1v) is 5.50. The zero-order valence-corrected chi connectivity index (χ0v) is 10.7. The van der Waals surface area contributed by atoms with E-state index >= 15 is 0 Å². The minimum absolute atomic E-state index is 0.169. The van der Waals surface area contributed by atoms with E-state index in [1.54, 1.807) is 7.11 Å². The molecule has 0 amide bonds. The molecule has 18 heavy (non-hydrogen) atoms. The first-order valence-electron chi connectivity index (χ1n) is 5.50. The topological polar surface area (TPSA) is 104 Å². The Morgan fingerprint density at radius 1 is 1.00 bits per heavy atom. The number of rotatable bonds is 3. The fourth-order valence-electron chi connectivity index (χ4n) is 2.03. The smallest absolute Gasteiger partial charge is 0.188 e. The molecule has 0 spiro atoms. The summed E-state index contributed by atoms with van der Waals surface area (Å²) < 4.78 is 15.7. The Bertz CT molecular complexity index is 464. The Kier molecular flexibility index (Phi) is 3.24. The van der Waals surface area contributed by atoms with Crippen LogP contribution in [0.2, 0.25) is 0 Å². The molecular weight excluding hydrogens is 236 g/mol. The van der Waals surface area contributed by atoms with Crippen molar-refractivity contribution in [3.05, 3.63) is 0 Å². The van der Waals surface area contributed by atoms with Gasteiger partial charge in [0.05, 0.1) is 32.1 Å². The molecule has 1 aromatic rings. The van der Waals surface area contributed by atoms with E-state index in [4.69, 9.17) is 25.7 Å². The van der Waals surface area contributed by atoms with Crippen molar-refractivity contribution in [3.63, 3.8) is 0 Å². The number of hydrogen-bond acceptors (Lipinski definition) is 7. The number of ether oxygens (including phenoxy) is 3. The van der Waals surface area contributed by atoms with E-state index in [0.717, 1.165) is 0 Å². The number of nitrogens with one attached hydrogen (secondary N) is 2. The zero-order chi connectivity index (χ0) is 13.3. The number of nitrogens with two attached hydrogens (primary N) is 2. The molecule has 0 aliphatic carbocycles. The molecule has 100 valence electrons. The van der Waals surface area contributed by atoms with Crippen molar-refractivity contribution >= 4 is 22.7 Å². The predicted molar refractivity (Wildman–Crippen MR) is 71.3 cm³/mol. The van der Waals surface area contributed by atoms with Gasteiger partial charge in [0, 0.05) is 7.11 Å². The van der Waals surface area contributed by atoms with Crippen molar-refractivity contribution in [3.8, 4) is 11.5 Å². The molecule has 1 aliphatic rings. The zero-order valence-electron chi connectivity index (χ0n) is 10.7. The van der Waals surface area contributed by atoms with Crippen molar-refractivity contribution in [2.75, 3.05) is 50.0 Å². The predicted octanol–water partition coefficient (Wildman–Crippen LogP) is 0.678. The maximum absolute atomic E-state index is 6.06. The first-order chi connectivity index (χ1) is 8.63. The summed E-state index contributed by atoms with van der Waals surface area (Å²) in [5.41, 5.74) is 14.4. The molecule has 0 bridgehead atoms. The van der Waals surface area contributed by atoms with E-state index < -0.39 is 0 Å². The standard InChI is InChI=1S/C11H18N4O3/c1-16-5-4-14-8-6(12)10(17-2)11(18-3)7(13)9(8)15-5/h5,14-15H,4,12-13H2,1-3H3. The lowest BCUT2D eigenvalue weighted by atomic mass is 10.1. The van der Waals surface area contributed by atoms with Gasteiger partial charge in [-0.1, -0.05) is 0 Å². The van der Waals surface area contributed by atoms with Crippen molar-refractivity contribution in [2.45, 2.75) is 6.23 Å². The van der Waals surface area contributed by atoms with Crippen LogP contribution in [0.15, 0.2) is 0 Å². The number of anilines is 4. The summed E-state index contributed by atoms with van der Waals surface area (Å²) in [4.78, 5) is 0. The molecule has 1 aliphatic heterocycles. The Labute approximate surface area is 105 Å². The molecule has 2 rings (SSSR count). The summed E-state index contributed by atoms with van der Waals surface area (Å²) in [6.45, 7) is 0.586. The largest absolute Gasteiger partial charge is 0.491 e. The molecule has 1 unspecified atom stereocenters. The summed E-state index contributed by atoms with van der Waals surface area (Å²) in [5.74, 6) is 0.846. The van der Waals surface area contributed by atoms with Crippen LogP contribution in [-0.2, 0) is 4.74 Å². The van der Waals surface area contributed by atoms with Crippen LogP contribution in [0.5, 0.6) is 11.5 Å². The molecule has 0 radical (unpaired) electrons. The van der Waals surface area contributed by atoms with E-state index in [9.17, 15) is 0 Å². The van der Waals surface area contributed by atoms with Gasteiger partial charge in [-0.25, -0.2) is 0 Å². The normalized spacial score (nSPS) is 17.4. The van der Waals surface area contributed by atoms with Gasteiger partial charge in [-0.2, -0.15) is 0 Å². The van der Waals surface area contributed by atoms with Crippen molar-refractivity contribution < 1.29 is 14.2 Å². The molecule has 0 aromatic heterocycles. The second kappa shape index (κ2) is 4.69. The van der Waals surface area contributed by atoms with Crippen LogP contribution in [0, 0.1) is 0 Å². The van der Waals surface area contributed by atoms with Crippen LogP contribution >= 0.6 is 0 Å². The van der Waals surface area contributed by atoms with Crippen molar-refractivity contribution in [1.29, 1.82) is 0 Å². The fraction of sp³-hybridized carbons (Fsp3) is 0.455. The Morgan fingerprint density at radius 3 is 2.06 bits per heavy atom. The minimum atomic E-state index is -0.169. The second-order valence-electron chi connectivity index (χ2n) is 3.89. The molecule has 0 saturated heterocycles. The maximum atomic E-state index is 6.06. The third-order valence-corrected chi connectivity index (χ3v) is 2.95. The van der Waals surface area contributed by atoms with Gasteiger partial charge in [0.15, 0.2) is 11.5 Å². The monoisotopic (exact) mass is 254 g/mol. The molecule has 0 saturated carbocycles. The van der Waals surface area contributed by atoms with Gasteiger partial charge in [0.2, 0.25) is 0 Å². The molecule has 1 aromatic carbocycles. The van der Waals surface area contributed by atoms with Gasteiger partial charge in [0.25, 0.3) is 0 Å². The lowest BCUT2D eigenvalue weighted by Gasteiger charge is -2.30. The van der Waals surface area contributed by atoms with Crippen molar-refractivity contribution in [2.24, 2.45) is 0 Å². The lowest BCUT2D eigenvalue weighted by Crippen LogP contribution is -2.35. The summed E-state index contributed by atoms with van der Waals surface area (Å²) in [5, 5.41) is 6.33. The third kappa shape index (κ3) is 1.72. The molecule has 7 heteroatoms. The Hall–Kier alpha value is -2.02.